The van der Waals surface area contributed by atoms with Gasteiger partial charge in [-0.1, -0.05) is 19.9 Å². The molecule has 0 saturated carbocycles. The Balaban J connectivity index is 1.63. The van der Waals surface area contributed by atoms with Gasteiger partial charge < -0.3 is 19.5 Å². The number of nitrogens with zero attached hydrogens (tertiary/aromatic N) is 1. The van der Waals surface area contributed by atoms with Gasteiger partial charge in [-0.25, -0.2) is 4.79 Å². The Morgan fingerprint density at radius 1 is 1.18 bits per heavy atom. The Kier molecular flexibility index (Phi) is 6.47. The number of pyridine rings is 1. The zero-order valence-corrected chi connectivity index (χ0v) is 16.0. The third-order valence-electron chi connectivity index (χ3n) is 4.35. The van der Waals surface area contributed by atoms with Crippen molar-refractivity contribution >= 4 is 11.9 Å². The highest BCUT2D eigenvalue weighted by Gasteiger charge is 2.22. The molecule has 28 heavy (non-hydrogen) atoms. The van der Waals surface area contributed by atoms with Crippen molar-refractivity contribution in [3.05, 3.63) is 53.9 Å². The van der Waals surface area contributed by atoms with Crippen LogP contribution in [0.25, 0.3) is 0 Å². The Labute approximate surface area is 164 Å². The Morgan fingerprint density at radius 3 is 2.68 bits per heavy atom. The highest BCUT2D eigenvalue weighted by molar-refractivity contribution is 5.91. The number of benzene rings is 1. The fourth-order valence-electron chi connectivity index (χ4n) is 2.92. The molecule has 1 aliphatic rings. The van der Waals surface area contributed by atoms with Crippen molar-refractivity contribution in [1.29, 1.82) is 0 Å². The van der Waals surface area contributed by atoms with E-state index < -0.39 is 5.97 Å². The molecule has 1 N–H and O–H groups in total. The lowest BCUT2D eigenvalue weighted by molar-refractivity contribution is -0.125. The number of ether oxygens (including phenoxy) is 3. The number of fused-ring (bicyclic) bond motifs is 1. The third kappa shape index (κ3) is 5.00. The average molecular weight is 384 g/mol. The number of rotatable bonds is 6. The first kappa shape index (κ1) is 19.7. The van der Waals surface area contributed by atoms with Crippen LogP contribution in [0.3, 0.4) is 0 Å². The van der Waals surface area contributed by atoms with Crippen molar-refractivity contribution in [2.24, 2.45) is 5.92 Å². The fraction of sp³-hybridized carbons (Fsp3) is 0.381. The molecule has 0 spiro atoms. The normalized spacial score (nSPS) is 14.1. The summed E-state index contributed by atoms with van der Waals surface area (Å²) in [6.45, 7) is 4.88. The van der Waals surface area contributed by atoms with Gasteiger partial charge in [0.15, 0.2) is 18.1 Å². The second-order valence-corrected chi connectivity index (χ2v) is 6.86. The highest BCUT2D eigenvalue weighted by Crippen LogP contribution is 2.34. The number of esters is 1. The maximum atomic E-state index is 12.4. The molecule has 2 heterocycles. The van der Waals surface area contributed by atoms with Gasteiger partial charge in [-0.15, -0.1) is 0 Å². The van der Waals surface area contributed by atoms with E-state index in [9.17, 15) is 9.59 Å². The summed E-state index contributed by atoms with van der Waals surface area (Å²) in [5.41, 5.74) is 1.21. The first-order valence-electron chi connectivity index (χ1n) is 9.30. The number of carbonyl (C=O) groups is 2. The van der Waals surface area contributed by atoms with Gasteiger partial charge in [0.1, 0.15) is 0 Å². The van der Waals surface area contributed by atoms with Gasteiger partial charge in [-0.05, 0) is 35.7 Å². The van der Waals surface area contributed by atoms with Crippen LogP contribution in [-0.2, 0) is 9.53 Å². The Hall–Kier alpha value is -3.09. The minimum Gasteiger partial charge on any atom is -0.490 e. The molecule has 3 rings (SSSR count). The predicted octanol–water partition coefficient (Wildman–Crippen LogP) is 2.91. The molecule has 0 saturated heterocycles. The summed E-state index contributed by atoms with van der Waals surface area (Å²) in [7, 11) is 0. The average Bonchev–Trinajstić information content (AvgIpc) is 2.95. The zero-order valence-electron chi connectivity index (χ0n) is 16.0. The van der Waals surface area contributed by atoms with Crippen molar-refractivity contribution < 1.29 is 23.8 Å². The minimum absolute atomic E-state index is 0.128. The largest absolute Gasteiger partial charge is 0.490 e. The van der Waals surface area contributed by atoms with Crippen molar-refractivity contribution in [2.45, 2.75) is 26.3 Å². The summed E-state index contributed by atoms with van der Waals surface area (Å²) in [5.74, 6) is 0.559. The first-order valence-corrected chi connectivity index (χ1v) is 9.30. The van der Waals surface area contributed by atoms with E-state index in [1.807, 2.05) is 32.0 Å². The van der Waals surface area contributed by atoms with Gasteiger partial charge in [0.05, 0.1) is 24.8 Å². The van der Waals surface area contributed by atoms with Crippen LogP contribution in [0.2, 0.25) is 0 Å². The fourth-order valence-corrected chi connectivity index (χ4v) is 2.92. The predicted molar refractivity (Wildman–Crippen MR) is 102 cm³/mol. The molecule has 0 unspecified atom stereocenters. The monoisotopic (exact) mass is 384 g/mol. The summed E-state index contributed by atoms with van der Waals surface area (Å²) in [6, 6.07) is 8.65. The van der Waals surface area contributed by atoms with Crippen LogP contribution < -0.4 is 14.8 Å². The molecular formula is C21H24N2O5. The number of carbonyl (C=O) groups excluding carboxylic acids is 2. The molecule has 0 bridgehead atoms. The van der Waals surface area contributed by atoms with Gasteiger partial charge in [0.2, 0.25) is 0 Å². The molecule has 1 aromatic heterocycles. The Morgan fingerprint density at radius 2 is 1.96 bits per heavy atom. The minimum atomic E-state index is -0.583. The van der Waals surface area contributed by atoms with Crippen molar-refractivity contribution in [3.63, 3.8) is 0 Å². The molecule has 7 heteroatoms. The van der Waals surface area contributed by atoms with Crippen molar-refractivity contribution in [2.75, 3.05) is 19.8 Å². The summed E-state index contributed by atoms with van der Waals surface area (Å²) in [6.07, 6.45) is 3.79. The van der Waals surface area contributed by atoms with E-state index >= 15 is 0 Å². The lowest BCUT2D eigenvalue weighted by Gasteiger charge is -2.23. The maximum Gasteiger partial charge on any atom is 0.340 e. The summed E-state index contributed by atoms with van der Waals surface area (Å²) in [5, 5.41) is 2.93. The van der Waals surface area contributed by atoms with Gasteiger partial charge in [0, 0.05) is 18.8 Å². The number of aromatic nitrogens is 1. The van der Waals surface area contributed by atoms with E-state index in [0.717, 1.165) is 12.0 Å². The summed E-state index contributed by atoms with van der Waals surface area (Å²) >= 11 is 0. The smallest absolute Gasteiger partial charge is 0.340 e. The summed E-state index contributed by atoms with van der Waals surface area (Å²) in [4.78, 5) is 28.2. The van der Waals surface area contributed by atoms with Crippen LogP contribution in [-0.4, -0.2) is 36.7 Å². The number of hydrogen-bond donors (Lipinski definition) is 1. The van der Waals surface area contributed by atoms with Crippen molar-refractivity contribution in [3.8, 4) is 11.5 Å². The van der Waals surface area contributed by atoms with E-state index in [2.05, 4.69) is 10.3 Å². The standard InChI is InChI=1S/C21H24N2O5/c1-14(2)20(15-6-7-17-18(11-15)27-10-4-9-26-17)23-19(24)13-28-21(25)16-5-3-8-22-12-16/h3,5-8,11-12,14,20H,4,9-10,13H2,1-2H3,(H,23,24)/t20-/m0/s1. The number of nitrogens with one attached hydrogen (secondary N) is 1. The number of hydrogen-bond acceptors (Lipinski definition) is 6. The van der Waals surface area contributed by atoms with E-state index in [0.29, 0.717) is 30.3 Å². The molecule has 1 aliphatic heterocycles. The highest BCUT2D eigenvalue weighted by atomic mass is 16.5. The van der Waals surface area contributed by atoms with Crippen LogP contribution in [0.5, 0.6) is 11.5 Å². The van der Waals surface area contributed by atoms with Gasteiger partial charge in [0.25, 0.3) is 5.91 Å². The molecule has 1 aromatic carbocycles. The van der Waals surface area contributed by atoms with Crippen molar-refractivity contribution in [1.82, 2.24) is 10.3 Å². The molecule has 0 fully saturated rings. The molecule has 148 valence electrons. The second-order valence-electron chi connectivity index (χ2n) is 6.86. The SMILES string of the molecule is CC(C)[C@H](NC(=O)COC(=O)c1cccnc1)c1ccc2c(c1)OCCCO2. The molecule has 0 radical (unpaired) electrons. The van der Waals surface area contributed by atoms with Gasteiger partial charge in [-0.3, -0.25) is 9.78 Å². The van der Waals surface area contributed by atoms with E-state index in [1.165, 1.54) is 6.20 Å². The molecule has 1 atom stereocenters. The molecule has 7 nitrogen and oxygen atoms in total. The van der Waals surface area contributed by atoms with E-state index in [4.69, 9.17) is 14.2 Å². The molecule has 0 aliphatic carbocycles. The third-order valence-corrected chi connectivity index (χ3v) is 4.35. The number of amides is 1. The van der Waals surface area contributed by atoms with Crippen LogP contribution in [0, 0.1) is 5.92 Å². The van der Waals surface area contributed by atoms with Crippen LogP contribution in [0.1, 0.15) is 42.2 Å². The first-order chi connectivity index (χ1) is 13.5. The van der Waals surface area contributed by atoms with Crippen LogP contribution in [0.15, 0.2) is 42.7 Å². The van der Waals surface area contributed by atoms with E-state index in [-0.39, 0.29) is 24.5 Å². The lowest BCUT2D eigenvalue weighted by Crippen LogP contribution is -2.35. The lowest BCUT2D eigenvalue weighted by atomic mass is 9.95. The Bertz CT molecular complexity index is 823. The zero-order chi connectivity index (χ0) is 19.9. The topological polar surface area (TPSA) is 86.8 Å². The second kappa shape index (κ2) is 9.21. The molecular weight excluding hydrogens is 360 g/mol. The van der Waals surface area contributed by atoms with Gasteiger partial charge >= 0.3 is 5.97 Å². The van der Waals surface area contributed by atoms with Crippen LogP contribution >= 0.6 is 0 Å². The van der Waals surface area contributed by atoms with Gasteiger partial charge in [-0.2, -0.15) is 0 Å². The quantitative estimate of drug-likeness (QED) is 0.771. The van der Waals surface area contributed by atoms with E-state index in [1.54, 1.807) is 18.3 Å². The van der Waals surface area contributed by atoms with Crippen LogP contribution in [0.4, 0.5) is 0 Å². The molecule has 2 aromatic rings. The molecule has 1 amide bonds. The maximum absolute atomic E-state index is 12.4. The summed E-state index contributed by atoms with van der Waals surface area (Å²) < 4.78 is 16.5.